The molecule has 0 saturated heterocycles. The first-order chi connectivity index (χ1) is 34.9. The average molecular weight is 924 g/mol. The van der Waals surface area contributed by atoms with Gasteiger partial charge in [-0.05, 0) is 164 Å². The van der Waals surface area contributed by atoms with Crippen LogP contribution in [0.25, 0.3) is 77.2 Å². The van der Waals surface area contributed by atoms with Crippen molar-refractivity contribution in [3.8, 4) is 55.6 Å². The SMILES string of the molecule is CC(C)(C)c1ccc2c(c1)C1(c3ccccc3-c3ccc(N(c4ccc(-c5cccc(-c6cccc7ccccc67)c5)cc4)c4cccc(-c5cccc6ccccc56)c4)cc31)c1cc(C(C)(C)C)ccc1-2. The van der Waals surface area contributed by atoms with Crippen molar-refractivity contribution in [3.63, 3.8) is 0 Å². The second-order valence-corrected chi connectivity index (χ2v) is 22.1. The van der Waals surface area contributed by atoms with Crippen LogP contribution >= 0.6 is 0 Å². The van der Waals surface area contributed by atoms with Crippen LogP contribution in [0.4, 0.5) is 17.1 Å². The van der Waals surface area contributed by atoms with E-state index in [4.69, 9.17) is 0 Å². The molecule has 346 valence electrons. The molecule has 0 N–H and O–H groups in total. The quantitative estimate of drug-likeness (QED) is 0.161. The van der Waals surface area contributed by atoms with E-state index in [1.54, 1.807) is 0 Å². The summed E-state index contributed by atoms with van der Waals surface area (Å²) < 4.78 is 0. The summed E-state index contributed by atoms with van der Waals surface area (Å²) in [7, 11) is 0. The van der Waals surface area contributed by atoms with Crippen molar-refractivity contribution in [2.45, 2.75) is 57.8 Å². The van der Waals surface area contributed by atoms with E-state index in [0.717, 1.165) is 17.1 Å². The molecule has 0 bridgehead atoms. The van der Waals surface area contributed by atoms with Gasteiger partial charge in [0.2, 0.25) is 0 Å². The monoisotopic (exact) mass is 923 g/mol. The predicted molar refractivity (Wildman–Crippen MR) is 306 cm³/mol. The van der Waals surface area contributed by atoms with Gasteiger partial charge in [-0.25, -0.2) is 0 Å². The van der Waals surface area contributed by atoms with Crippen molar-refractivity contribution >= 4 is 38.6 Å². The highest BCUT2D eigenvalue weighted by atomic mass is 15.1. The highest BCUT2D eigenvalue weighted by molar-refractivity contribution is 6.00. The summed E-state index contributed by atoms with van der Waals surface area (Å²) in [6.07, 6.45) is 0. The van der Waals surface area contributed by atoms with Crippen LogP contribution in [0.1, 0.15) is 74.9 Å². The molecular weight excluding hydrogens is 867 g/mol. The first-order valence-corrected chi connectivity index (χ1v) is 25.6. The fourth-order valence-corrected chi connectivity index (χ4v) is 12.1. The maximum absolute atomic E-state index is 2.55. The van der Waals surface area contributed by atoms with Gasteiger partial charge in [0.1, 0.15) is 0 Å². The number of nitrogens with zero attached hydrogens (tertiary/aromatic N) is 1. The zero-order chi connectivity index (χ0) is 48.9. The lowest BCUT2D eigenvalue weighted by Gasteiger charge is -2.34. The van der Waals surface area contributed by atoms with Crippen LogP contribution < -0.4 is 4.90 Å². The summed E-state index contributed by atoms with van der Waals surface area (Å²) in [6.45, 7) is 14.0. The van der Waals surface area contributed by atoms with Gasteiger partial charge in [0.15, 0.2) is 0 Å². The van der Waals surface area contributed by atoms with Crippen molar-refractivity contribution in [1.29, 1.82) is 0 Å². The van der Waals surface area contributed by atoms with E-state index in [1.807, 2.05) is 0 Å². The lowest BCUT2D eigenvalue weighted by atomic mass is 9.68. The van der Waals surface area contributed by atoms with Crippen LogP contribution in [0.5, 0.6) is 0 Å². The fourth-order valence-electron chi connectivity index (χ4n) is 12.1. The van der Waals surface area contributed by atoms with Crippen LogP contribution in [0.2, 0.25) is 0 Å². The number of hydrogen-bond acceptors (Lipinski definition) is 1. The average Bonchev–Trinajstić information content (AvgIpc) is 3.88. The number of anilines is 3. The third-order valence-electron chi connectivity index (χ3n) is 15.8. The molecule has 1 heteroatoms. The topological polar surface area (TPSA) is 3.24 Å². The van der Waals surface area contributed by atoms with E-state index in [1.165, 1.54) is 111 Å². The van der Waals surface area contributed by atoms with E-state index in [-0.39, 0.29) is 10.8 Å². The molecule has 0 heterocycles. The van der Waals surface area contributed by atoms with Gasteiger partial charge in [-0.1, -0.05) is 236 Å². The standard InChI is InChI=1S/C71H57N/c1-69(2,3)52-33-38-62-63-39-34-53(70(4,5)6)44-67(63)71(66(62)43-52)65-30-12-11-27-61(65)64-40-37-56(45-68(64)71)72(55-24-14-23-51(42-55)60-29-16-20-48-18-8-10-26-58(48)60)54-35-31-46(32-36-54)49-21-13-22-50(41-49)59-28-15-19-47-17-7-9-25-57(47)59/h7-45H,1-6H3. The third kappa shape index (κ3) is 6.90. The number of rotatable bonds is 6. The van der Waals surface area contributed by atoms with Gasteiger partial charge in [0.25, 0.3) is 0 Å². The Hall–Kier alpha value is -8.26. The molecule has 0 radical (unpaired) electrons. The number of fused-ring (bicyclic) bond motifs is 12. The van der Waals surface area contributed by atoms with Gasteiger partial charge in [-0.3, -0.25) is 0 Å². The third-order valence-corrected chi connectivity index (χ3v) is 15.8. The first kappa shape index (κ1) is 43.7. The van der Waals surface area contributed by atoms with Crippen LogP contribution in [-0.2, 0) is 16.2 Å². The highest BCUT2D eigenvalue weighted by Crippen LogP contribution is 2.64. The Balaban J connectivity index is 1.02. The largest absolute Gasteiger partial charge is 0.310 e. The molecule has 0 aliphatic heterocycles. The van der Waals surface area contributed by atoms with Crippen LogP contribution in [0, 0.1) is 0 Å². The lowest BCUT2D eigenvalue weighted by Crippen LogP contribution is -2.27. The summed E-state index contributed by atoms with van der Waals surface area (Å²) in [4.78, 5) is 2.48. The van der Waals surface area contributed by atoms with E-state index in [2.05, 4.69) is 283 Å². The molecule has 11 aromatic rings. The Morgan fingerprint density at radius 2 is 0.708 bits per heavy atom. The normalized spacial score (nSPS) is 13.2. The molecule has 1 spiro atoms. The molecule has 11 aromatic carbocycles. The smallest absolute Gasteiger partial charge is 0.0726 e. The Kier molecular flexibility index (Phi) is 9.97. The lowest BCUT2D eigenvalue weighted by molar-refractivity contribution is 0.586. The Morgan fingerprint density at radius 1 is 0.278 bits per heavy atom. The second kappa shape index (κ2) is 16.4. The minimum atomic E-state index is -0.523. The maximum Gasteiger partial charge on any atom is 0.0726 e. The number of hydrogen-bond donors (Lipinski definition) is 0. The van der Waals surface area contributed by atoms with Crippen molar-refractivity contribution in [3.05, 3.63) is 270 Å². The van der Waals surface area contributed by atoms with E-state index >= 15 is 0 Å². The van der Waals surface area contributed by atoms with Crippen molar-refractivity contribution in [2.24, 2.45) is 0 Å². The minimum absolute atomic E-state index is 0.0281. The molecule has 2 aliphatic carbocycles. The molecule has 1 nitrogen and oxygen atoms in total. The Bertz CT molecular complexity index is 3870. The molecule has 72 heavy (non-hydrogen) atoms. The van der Waals surface area contributed by atoms with Crippen molar-refractivity contribution < 1.29 is 0 Å². The summed E-state index contributed by atoms with van der Waals surface area (Å²) in [5.74, 6) is 0. The predicted octanol–water partition coefficient (Wildman–Crippen LogP) is 19.4. The van der Waals surface area contributed by atoms with Gasteiger partial charge >= 0.3 is 0 Å². The molecule has 13 rings (SSSR count). The Labute approximate surface area is 424 Å². The highest BCUT2D eigenvalue weighted by Gasteiger charge is 2.52. The fraction of sp³-hybridized carbons (Fsp3) is 0.127. The van der Waals surface area contributed by atoms with Gasteiger partial charge in [-0.15, -0.1) is 0 Å². The molecule has 0 saturated carbocycles. The van der Waals surface area contributed by atoms with Gasteiger partial charge in [0.05, 0.1) is 5.41 Å². The molecular formula is C71H57N. The summed E-state index contributed by atoms with van der Waals surface area (Å²) in [5, 5.41) is 5.00. The Morgan fingerprint density at radius 3 is 1.32 bits per heavy atom. The van der Waals surface area contributed by atoms with Crippen LogP contribution in [-0.4, -0.2) is 0 Å². The number of benzene rings is 11. The van der Waals surface area contributed by atoms with Crippen molar-refractivity contribution in [2.75, 3.05) is 4.90 Å². The van der Waals surface area contributed by atoms with Gasteiger partial charge in [0, 0.05) is 17.1 Å². The maximum atomic E-state index is 2.55. The summed E-state index contributed by atoms with van der Waals surface area (Å²) >= 11 is 0. The van der Waals surface area contributed by atoms with Gasteiger partial charge in [-0.2, -0.15) is 0 Å². The van der Waals surface area contributed by atoms with E-state index in [0.29, 0.717) is 0 Å². The van der Waals surface area contributed by atoms with E-state index in [9.17, 15) is 0 Å². The molecule has 2 aliphatic rings. The molecule has 0 unspecified atom stereocenters. The summed E-state index contributed by atoms with van der Waals surface area (Å²) in [6, 6.07) is 89.2. The summed E-state index contributed by atoms with van der Waals surface area (Å²) in [5.41, 5.74) is 23.4. The minimum Gasteiger partial charge on any atom is -0.310 e. The molecule has 0 atom stereocenters. The second-order valence-electron chi connectivity index (χ2n) is 22.1. The van der Waals surface area contributed by atoms with Gasteiger partial charge < -0.3 is 4.90 Å². The van der Waals surface area contributed by atoms with Crippen molar-refractivity contribution in [1.82, 2.24) is 0 Å². The molecule has 0 fully saturated rings. The first-order valence-electron chi connectivity index (χ1n) is 25.6. The zero-order valence-electron chi connectivity index (χ0n) is 42.0. The molecule has 0 amide bonds. The molecule has 0 aromatic heterocycles. The van der Waals surface area contributed by atoms with E-state index < -0.39 is 5.41 Å². The van der Waals surface area contributed by atoms with Crippen LogP contribution in [0.15, 0.2) is 237 Å². The zero-order valence-corrected chi connectivity index (χ0v) is 42.0. The van der Waals surface area contributed by atoms with Crippen LogP contribution in [0.3, 0.4) is 0 Å².